The number of aromatic nitrogens is 2. The van der Waals surface area contributed by atoms with E-state index < -0.39 is 0 Å². The SMILES string of the molecule is O=C(Nc1cnn(Cc2ccc(Cl)cc2)c1)c1ccc(SC2CCOC2=O)cc1. The zero-order chi connectivity index (χ0) is 20.2. The van der Waals surface area contributed by atoms with Gasteiger partial charge in [-0.15, -0.1) is 11.8 Å². The Bertz CT molecular complexity index is 1020. The molecule has 1 saturated heterocycles. The van der Waals surface area contributed by atoms with Crippen LogP contribution >= 0.6 is 23.4 Å². The highest BCUT2D eigenvalue weighted by atomic mass is 35.5. The topological polar surface area (TPSA) is 73.2 Å². The summed E-state index contributed by atoms with van der Waals surface area (Å²) in [5.41, 5.74) is 2.22. The molecule has 1 aliphatic rings. The number of carbonyl (C=O) groups excluding carboxylic acids is 2. The van der Waals surface area contributed by atoms with E-state index in [9.17, 15) is 9.59 Å². The maximum atomic E-state index is 12.5. The predicted molar refractivity (Wildman–Crippen MR) is 112 cm³/mol. The second kappa shape index (κ2) is 8.71. The summed E-state index contributed by atoms with van der Waals surface area (Å²) >= 11 is 7.36. The Kier molecular flexibility index (Phi) is 5.87. The molecule has 0 radical (unpaired) electrons. The lowest BCUT2D eigenvalue weighted by atomic mass is 10.2. The monoisotopic (exact) mass is 427 g/mol. The molecule has 2 heterocycles. The number of benzene rings is 2. The van der Waals surface area contributed by atoms with Crippen LogP contribution in [0.25, 0.3) is 0 Å². The van der Waals surface area contributed by atoms with Crippen molar-refractivity contribution in [1.82, 2.24) is 9.78 Å². The van der Waals surface area contributed by atoms with Crippen LogP contribution in [0.4, 0.5) is 5.69 Å². The van der Waals surface area contributed by atoms with Gasteiger partial charge in [0.25, 0.3) is 5.91 Å². The maximum Gasteiger partial charge on any atom is 0.319 e. The van der Waals surface area contributed by atoms with Crippen molar-refractivity contribution in [3.63, 3.8) is 0 Å². The molecule has 0 bridgehead atoms. The summed E-state index contributed by atoms with van der Waals surface area (Å²) in [5, 5.41) is 7.65. The summed E-state index contributed by atoms with van der Waals surface area (Å²) < 4.78 is 6.72. The summed E-state index contributed by atoms with van der Waals surface area (Å²) in [6.07, 6.45) is 4.11. The Morgan fingerprint density at radius 1 is 1.21 bits per heavy atom. The molecule has 0 aliphatic carbocycles. The molecule has 1 atom stereocenters. The van der Waals surface area contributed by atoms with Crippen molar-refractivity contribution < 1.29 is 14.3 Å². The molecule has 1 fully saturated rings. The molecule has 1 unspecified atom stereocenters. The molecule has 1 aromatic heterocycles. The quantitative estimate of drug-likeness (QED) is 0.595. The summed E-state index contributed by atoms with van der Waals surface area (Å²) in [4.78, 5) is 25.0. The standard InChI is InChI=1S/C21H18ClN3O3S/c22-16-5-1-14(2-6-16)12-25-13-17(11-23-25)24-20(26)15-3-7-18(8-4-15)29-19-9-10-28-21(19)27/h1-8,11,13,19H,9-10,12H2,(H,24,26). The minimum atomic E-state index is -0.215. The van der Waals surface area contributed by atoms with Gasteiger partial charge >= 0.3 is 5.97 Å². The van der Waals surface area contributed by atoms with Gasteiger partial charge in [0.1, 0.15) is 5.25 Å². The number of amides is 1. The van der Waals surface area contributed by atoms with Crippen LogP contribution in [0.15, 0.2) is 65.8 Å². The first kappa shape index (κ1) is 19.5. The number of hydrogen-bond acceptors (Lipinski definition) is 5. The van der Waals surface area contributed by atoms with Crippen LogP contribution in [0.3, 0.4) is 0 Å². The molecule has 1 N–H and O–H groups in total. The second-order valence-corrected chi connectivity index (χ2v) is 8.31. The third kappa shape index (κ3) is 4.99. The van der Waals surface area contributed by atoms with E-state index in [2.05, 4.69) is 10.4 Å². The highest BCUT2D eigenvalue weighted by Crippen LogP contribution is 2.29. The van der Waals surface area contributed by atoms with E-state index in [0.717, 1.165) is 10.5 Å². The van der Waals surface area contributed by atoms with E-state index >= 15 is 0 Å². The molecule has 2 aromatic carbocycles. The van der Waals surface area contributed by atoms with Gasteiger partial charge in [0.2, 0.25) is 0 Å². The first-order valence-corrected chi connectivity index (χ1v) is 10.3. The Labute approximate surface area is 177 Å². The maximum absolute atomic E-state index is 12.5. The van der Waals surface area contributed by atoms with Crippen LogP contribution < -0.4 is 5.32 Å². The van der Waals surface area contributed by atoms with Crippen LogP contribution in [-0.4, -0.2) is 33.5 Å². The summed E-state index contributed by atoms with van der Waals surface area (Å²) in [6, 6.07) is 14.7. The molecule has 4 rings (SSSR count). The molecule has 6 nitrogen and oxygen atoms in total. The second-order valence-electron chi connectivity index (χ2n) is 6.59. The summed E-state index contributed by atoms with van der Waals surface area (Å²) in [7, 11) is 0. The Hall–Kier alpha value is -2.77. The van der Waals surface area contributed by atoms with Crippen LogP contribution in [0, 0.1) is 0 Å². The van der Waals surface area contributed by atoms with Crippen molar-refractivity contribution in [3.05, 3.63) is 77.1 Å². The fraction of sp³-hybridized carbons (Fsp3) is 0.190. The van der Waals surface area contributed by atoms with Crippen LogP contribution in [-0.2, 0) is 16.1 Å². The minimum Gasteiger partial charge on any atom is -0.465 e. The van der Waals surface area contributed by atoms with Crippen molar-refractivity contribution in [3.8, 4) is 0 Å². The van der Waals surface area contributed by atoms with E-state index in [4.69, 9.17) is 16.3 Å². The highest BCUT2D eigenvalue weighted by Gasteiger charge is 2.27. The number of carbonyl (C=O) groups is 2. The van der Waals surface area contributed by atoms with Gasteiger partial charge in [-0.3, -0.25) is 14.3 Å². The third-order valence-electron chi connectivity index (χ3n) is 4.43. The largest absolute Gasteiger partial charge is 0.465 e. The number of esters is 1. The van der Waals surface area contributed by atoms with Crippen molar-refractivity contribution in [1.29, 1.82) is 0 Å². The number of nitrogens with zero attached hydrogens (tertiary/aromatic N) is 2. The lowest BCUT2D eigenvalue weighted by Crippen LogP contribution is -2.11. The number of nitrogens with one attached hydrogen (secondary N) is 1. The Balaban J connectivity index is 1.35. The number of anilines is 1. The van der Waals surface area contributed by atoms with Crippen molar-refractivity contribution in [2.45, 2.75) is 23.1 Å². The zero-order valence-corrected chi connectivity index (χ0v) is 16.9. The predicted octanol–water partition coefficient (Wildman–Crippen LogP) is 4.24. The van der Waals surface area contributed by atoms with Gasteiger partial charge in [-0.05, 0) is 42.0 Å². The number of ether oxygens (including phenoxy) is 1. The number of hydrogen-bond donors (Lipinski definition) is 1. The van der Waals surface area contributed by atoms with Gasteiger partial charge in [-0.1, -0.05) is 23.7 Å². The van der Waals surface area contributed by atoms with Gasteiger partial charge in [-0.2, -0.15) is 5.10 Å². The molecule has 0 spiro atoms. The van der Waals surface area contributed by atoms with Gasteiger partial charge in [0.15, 0.2) is 0 Å². The number of cyclic esters (lactones) is 1. The van der Waals surface area contributed by atoms with E-state index in [-0.39, 0.29) is 17.1 Å². The molecule has 1 amide bonds. The molecule has 3 aromatic rings. The Morgan fingerprint density at radius 2 is 1.97 bits per heavy atom. The molecule has 29 heavy (non-hydrogen) atoms. The van der Waals surface area contributed by atoms with Gasteiger partial charge in [-0.25, -0.2) is 0 Å². The molecular weight excluding hydrogens is 410 g/mol. The first-order valence-electron chi connectivity index (χ1n) is 9.08. The fourth-order valence-corrected chi connectivity index (χ4v) is 4.05. The lowest BCUT2D eigenvalue weighted by Gasteiger charge is -2.07. The number of halogens is 1. The lowest BCUT2D eigenvalue weighted by molar-refractivity contribution is -0.137. The van der Waals surface area contributed by atoms with E-state index in [1.54, 1.807) is 29.2 Å². The third-order valence-corrected chi connectivity index (χ3v) is 5.94. The van der Waals surface area contributed by atoms with Crippen molar-refractivity contribution >= 4 is 40.9 Å². The Morgan fingerprint density at radius 3 is 2.66 bits per heavy atom. The fourth-order valence-electron chi connectivity index (χ4n) is 2.93. The molecular formula is C21H18ClN3O3S. The van der Waals surface area contributed by atoms with E-state index in [1.165, 1.54) is 11.8 Å². The summed E-state index contributed by atoms with van der Waals surface area (Å²) in [5.74, 6) is -0.389. The van der Waals surface area contributed by atoms with Crippen molar-refractivity contribution in [2.75, 3.05) is 11.9 Å². The number of rotatable bonds is 6. The average Bonchev–Trinajstić information content (AvgIpc) is 3.33. The van der Waals surface area contributed by atoms with Crippen LogP contribution in [0.5, 0.6) is 0 Å². The number of thioether (sulfide) groups is 1. The van der Waals surface area contributed by atoms with Gasteiger partial charge in [0, 0.05) is 28.1 Å². The van der Waals surface area contributed by atoms with Crippen LogP contribution in [0.2, 0.25) is 5.02 Å². The average molecular weight is 428 g/mol. The van der Waals surface area contributed by atoms with E-state index in [1.807, 2.05) is 36.4 Å². The van der Waals surface area contributed by atoms with Crippen LogP contribution in [0.1, 0.15) is 22.3 Å². The normalized spacial score (nSPS) is 15.9. The zero-order valence-electron chi connectivity index (χ0n) is 15.4. The van der Waals surface area contributed by atoms with Crippen molar-refractivity contribution in [2.24, 2.45) is 0 Å². The molecule has 0 saturated carbocycles. The minimum absolute atomic E-state index is 0.166. The molecule has 148 valence electrons. The summed E-state index contributed by atoms with van der Waals surface area (Å²) in [6.45, 7) is 1.06. The highest BCUT2D eigenvalue weighted by molar-refractivity contribution is 8.00. The van der Waals surface area contributed by atoms with E-state index in [0.29, 0.717) is 35.8 Å². The first-order chi connectivity index (χ1) is 14.1. The molecule has 8 heteroatoms. The molecule has 1 aliphatic heterocycles. The van der Waals surface area contributed by atoms with Gasteiger partial charge < -0.3 is 10.1 Å². The smallest absolute Gasteiger partial charge is 0.319 e. The van der Waals surface area contributed by atoms with Gasteiger partial charge in [0.05, 0.1) is 25.0 Å².